The van der Waals surface area contributed by atoms with E-state index in [0.717, 1.165) is 21.7 Å². The fourth-order valence-electron chi connectivity index (χ4n) is 3.23. The van der Waals surface area contributed by atoms with Gasteiger partial charge in [-0.15, -0.1) is 0 Å². The minimum absolute atomic E-state index is 0.351. The number of anilines is 1. The zero-order valence-electron chi connectivity index (χ0n) is 16.7. The van der Waals surface area contributed by atoms with Crippen LogP contribution in [0.1, 0.15) is 22.7 Å². The van der Waals surface area contributed by atoms with Crippen molar-refractivity contribution in [2.24, 2.45) is 0 Å². The molecule has 0 bridgehead atoms. The average Bonchev–Trinajstić information content (AvgIpc) is 2.73. The number of hydrogen-bond donors (Lipinski definition) is 1. The summed E-state index contributed by atoms with van der Waals surface area (Å²) in [6.07, 6.45) is 1.08. The van der Waals surface area contributed by atoms with Gasteiger partial charge in [-0.25, -0.2) is 8.42 Å². The lowest BCUT2D eigenvalue weighted by Crippen LogP contribution is -2.42. The lowest BCUT2D eigenvalue weighted by Gasteiger charge is -2.26. The third-order valence-electron chi connectivity index (χ3n) is 4.77. The van der Waals surface area contributed by atoms with Gasteiger partial charge in [0, 0.05) is 5.02 Å². The number of rotatable bonds is 7. The Balaban J connectivity index is 1.90. The first-order valence-electron chi connectivity index (χ1n) is 9.39. The normalized spacial score (nSPS) is 11.3. The summed E-state index contributed by atoms with van der Waals surface area (Å²) in [4.78, 5) is 13.0. The maximum Gasteiger partial charge on any atom is 0.241 e. The van der Waals surface area contributed by atoms with Crippen LogP contribution >= 0.6 is 11.6 Å². The minimum Gasteiger partial charge on any atom is -0.344 e. The zero-order valence-corrected chi connectivity index (χ0v) is 18.3. The van der Waals surface area contributed by atoms with Crippen molar-refractivity contribution in [3.63, 3.8) is 0 Å². The summed E-state index contributed by atoms with van der Waals surface area (Å²) in [7, 11) is -3.70. The lowest BCUT2D eigenvalue weighted by molar-refractivity contribution is -0.120. The maximum absolute atomic E-state index is 13.0. The van der Waals surface area contributed by atoms with E-state index < -0.39 is 22.0 Å². The van der Waals surface area contributed by atoms with Crippen molar-refractivity contribution < 1.29 is 13.2 Å². The van der Waals surface area contributed by atoms with Crippen molar-refractivity contribution in [2.75, 3.05) is 17.1 Å². The fraction of sp³-hybridized carbons (Fsp3) is 0.174. The molecule has 30 heavy (non-hydrogen) atoms. The molecule has 0 heterocycles. The number of nitrogens with one attached hydrogen (secondary N) is 1. The molecule has 0 saturated heterocycles. The van der Waals surface area contributed by atoms with Gasteiger partial charge in [-0.2, -0.15) is 0 Å². The van der Waals surface area contributed by atoms with Gasteiger partial charge < -0.3 is 5.32 Å². The Morgan fingerprint density at radius 2 is 1.47 bits per heavy atom. The van der Waals surface area contributed by atoms with Crippen LogP contribution in [0.4, 0.5) is 5.69 Å². The van der Waals surface area contributed by atoms with Gasteiger partial charge >= 0.3 is 0 Å². The van der Waals surface area contributed by atoms with Crippen molar-refractivity contribution >= 4 is 33.2 Å². The molecule has 0 aliphatic carbocycles. The molecule has 0 saturated carbocycles. The Morgan fingerprint density at radius 3 is 1.97 bits per heavy atom. The number of halogens is 1. The molecular formula is C23H23ClN2O3S. The van der Waals surface area contributed by atoms with Gasteiger partial charge in [0.05, 0.1) is 18.0 Å². The Labute approximate surface area is 182 Å². The highest BCUT2D eigenvalue weighted by atomic mass is 35.5. The zero-order chi connectivity index (χ0) is 21.7. The molecule has 156 valence electrons. The number of nitrogens with zero attached hydrogens (tertiary/aromatic N) is 1. The summed E-state index contributed by atoms with van der Waals surface area (Å²) in [5.41, 5.74) is 2.79. The van der Waals surface area contributed by atoms with E-state index in [1.165, 1.54) is 0 Å². The van der Waals surface area contributed by atoms with Crippen molar-refractivity contribution in [1.82, 2.24) is 5.32 Å². The second kappa shape index (κ2) is 9.32. The minimum atomic E-state index is -3.70. The molecule has 3 aromatic carbocycles. The van der Waals surface area contributed by atoms with Crippen LogP contribution in [0.15, 0.2) is 78.9 Å². The van der Waals surface area contributed by atoms with E-state index in [9.17, 15) is 13.2 Å². The van der Waals surface area contributed by atoms with Gasteiger partial charge in [-0.3, -0.25) is 9.10 Å². The van der Waals surface area contributed by atoms with E-state index in [1.807, 2.05) is 60.7 Å². The molecule has 1 amide bonds. The summed E-state index contributed by atoms with van der Waals surface area (Å²) in [5, 5.41) is 3.42. The molecule has 7 heteroatoms. The Morgan fingerprint density at radius 1 is 0.933 bits per heavy atom. The SMILES string of the molecule is Cc1c(Cl)cccc1N(CC(=O)NC(c1ccccc1)c1ccccc1)S(C)(=O)=O. The van der Waals surface area contributed by atoms with Gasteiger partial charge in [0.25, 0.3) is 0 Å². The van der Waals surface area contributed by atoms with Gasteiger partial charge in [-0.05, 0) is 35.7 Å². The van der Waals surface area contributed by atoms with E-state index in [0.29, 0.717) is 16.3 Å². The number of amides is 1. The molecule has 0 atom stereocenters. The first kappa shape index (κ1) is 21.9. The van der Waals surface area contributed by atoms with Crippen LogP contribution in [-0.4, -0.2) is 27.1 Å². The monoisotopic (exact) mass is 442 g/mol. The summed E-state index contributed by atoms with van der Waals surface area (Å²) in [6.45, 7) is 1.38. The number of carbonyl (C=O) groups excluding carboxylic acids is 1. The highest BCUT2D eigenvalue weighted by Crippen LogP contribution is 2.28. The van der Waals surface area contributed by atoms with Crippen molar-refractivity contribution in [3.8, 4) is 0 Å². The van der Waals surface area contributed by atoms with Crippen molar-refractivity contribution in [3.05, 3.63) is 101 Å². The highest BCUT2D eigenvalue weighted by Gasteiger charge is 2.25. The summed E-state index contributed by atoms with van der Waals surface area (Å²) >= 11 is 6.17. The van der Waals surface area contributed by atoms with E-state index in [-0.39, 0.29) is 6.54 Å². The first-order valence-corrected chi connectivity index (χ1v) is 11.6. The smallest absolute Gasteiger partial charge is 0.241 e. The molecule has 0 spiro atoms. The van der Waals surface area contributed by atoms with Crippen LogP contribution in [-0.2, 0) is 14.8 Å². The largest absolute Gasteiger partial charge is 0.344 e. The summed E-state index contributed by atoms with van der Waals surface area (Å²) in [5.74, 6) is -0.419. The standard InChI is InChI=1S/C23H23ClN2O3S/c1-17-20(24)14-9-15-21(17)26(30(2,28)29)16-22(27)25-23(18-10-5-3-6-11-18)19-12-7-4-8-13-19/h3-15,23H,16H2,1-2H3,(H,25,27). The van der Waals surface area contributed by atoms with Gasteiger partial charge in [0.15, 0.2) is 0 Å². The van der Waals surface area contributed by atoms with Crippen LogP contribution in [0.2, 0.25) is 5.02 Å². The quantitative estimate of drug-likeness (QED) is 0.592. The maximum atomic E-state index is 13.0. The van der Waals surface area contributed by atoms with Crippen LogP contribution in [0.5, 0.6) is 0 Å². The number of benzene rings is 3. The third-order valence-corrected chi connectivity index (χ3v) is 6.30. The third kappa shape index (κ3) is 5.20. The summed E-state index contributed by atoms with van der Waals surface area (Å²) in [6, 6.07) is 23.7. The molecule has 3 rings (SSSR count). The molecule has 5 nitrogen and oxygen atoms in total. The molecule has 0 fully saturated rings. The highest BCUT2D eigenvalue weighted by molar-refractivity contribution is 7.92. The molecule has 0 aliphatic rings. The first-order chi connectivity index (χ1) is 14.3. The average molecular weight is 443 g/mol. The Bertz CT molecular complexity index is 1080. The Hall–Kier alpha value is -2.83. The molecule has 1 N–H and O–H groups in total. The molecule has 0 unspecified atom stereocenters. The Kier molecular flexibility index (Phi) is 6.80. The van der Waals surface area contributed by atoms with Gasteiger partial charge in [0.2, 0.25) is 15.9 Å². The second-order valence-corrected chi connectivity index (χ2v) is 9.29. The van der Waals surface area contributed by atoms with E-state index >= 15 is 0 Å². The molecule has 3 aromatic rings. The van der Waals surface area contributed by atoms with Crippen LogP contribution in [0.25, 0.3) is 0 Å². The van der Waals surface area contributed by atoms with E-state index in [4.69, 9.17) is 11.6 Å². The van der Waals surface area contributed by atoms with Gasteiger partial charge in [0.1, 0.15) is 6.54 Å². The fourth-order valence-corrected chi connectivity index (χ4v) is 4.31. The van der Waals surface area contributed by atoms with E-state index in [2.05, 4.69) is 5.32 Å². The van der Waals surface area contributed by atoms with Crippen molar-refractivity contribution in [1.29, 1.82) is 0 Å². The van der Waals surface area contributed by atoms with Crippen molar-refractivity contribution in [2.45, 2.75) is 13.0 Å². The molecular weight excluding hydrogens is 420 g/mol. The van der Waals surface area contributed by atoms with Gasteiger partial charge in [-0.1, -0.05) is 78.3 Å². The van der Waals surface area contributed by atoms with Crippen LogP contribution in [0, 0.1) is 6.92 Å². The van der Waals surface area contributed by atoms with Crippen LogP contribution < -0.4 is 9.62 Å². The predicted molar refractivity (Wildman–Crippen MR) is 121 cm³/mol. The number of sulfonamides is 1. The summed E-state index contributed by atoms with van der Waals surface area (Å²) < 4.78 is 26.0. The number of carbonyl (C=O) groups is 1. The molecule has 0 aliphatic heterocycles. The topological polar surface area (TPSA) is 66.5 Å². The van der Waals surface area contributed by atoms with E-state index in [1.54, 1.807) is 25.1 Å². The molecule has 0 aromatic heterocycles. The predicted octanol–water partition coefficient (Wildman–Crippen LogP) is 4.32. The second-order valence-electron chi connectivity index (χ2n) is 6.98. The molecule has 0 radical (unpaired) electrons. The lowest BCUT2D eigenvalue weighted by atomic mass is 9.99. The number of hydrogen-bond acceptors (Lipinski definition) is 3. The van der Waals surface area contributed by atoms with Crippen LogP contribution in [0.3, 0.4) is 0 Å².